The molecule has 0 unspecified atom stereocenters. The molecule has 0 spiro atoms. The van der Waals surface area contributed by atoms with Gasteiger partial charge in [-0.05, 0) is 82.0 Å². The molecule has 4 aromatic rings. The molecule has 0 nitrogen and oxygen atoms in total. The Morgan fingerprint density at radius 3 is 2.14 bits per heavy atom. The van der Waals surface area contributed by atoms with Gasteiger partial charge >= 0.3 is 0 Å². The van der Waals surface area contributed by atoms with E-state index in [1.54, 1.807) is 0 Å². The van der Waals surface area contributed by atoms with Crippen molar-refractivity contribution in [3.8, 4) is 33.4 Å². The van der Waals surface area contributed by atoms with Gasteiger partial charge in [0.1, 0.15) is 7.85 Å². The quantitative estimate of drug-likeness (QED) is 0.367. The van der Waals surface area contributed by atoms with Crippen LogP contribution in [-0.2, 0) is 6.42 Å². The van der Waals surface area contributed by atoms with E-state index in [1.165, 1.54) is 61.1 Å². The van der Waals surface area contributed by atoms with Crippen LogP contribution >= 0.6 is 0 Å². The van der Waals surface area contributed by atoms with Gasteiger partial charge in [0.15, 0.2) is 0 Å². The summed E-state index contributed by atoms with van der Waals surface area (Å²) in [5.41, 5.74) is 15.0. The molecule has 0 heterocycles. The molecular weight excluding hydrogens is 335 g/mol. The van der Waals surface area contributed by atoms with Gasteiger partial charge in [-0.3, -0.25) is 0 Å². The lowest BCUT2D eigenvalue weighted by Crippen LogP contribution is -2.08. The zero-order chi connectivity index (χ0) is 19.3. The van der Waals surface area contributed by atoms with Gasteiger partial charge in [-0.25, -0.2) is 0 Å². The van der Waals surface area contributed by atoms with Crippen LogP contribution in [0.4, 0.5) is 0 Å². The van der Waals surface area contributed by atoms with Gasteiger partial charge in [-0.15, -0.1) is 0 Å². The Kier molecular flexibility index (Phi) is 3.98. The van der Waals surface area contributed by atoms with Crippen LogP contribution in [0.3, 0.4) is 0 Å². The van der Waals surface area contributed by atoms with Crippen LogP contribution in [0.5, 0.6) is 0 Å². The third-order valence-corrected chi connectivity index (χ3v) is 6.09. The Balaban J connectivity index is 1.64. The first kappa shape index (κ1) is 17.1. The lowest BCUT2D eigenvalue weighted by molar-refractivity contribution is 1.26. The molecular formula is C27H23B. The molecule has 0 saturated heterocycles. The molecule has 0 atom stereocenters. The van der Waals surface area contributed by atoms with Crippen LogP contribution < -0.4 is 5.46 Å². The molecule has 1 heteroatoms. The summed E-state index contributed by atoms with van der Waals surface area (Å²) < 4.78 is 0. The number of benzene rings is 4. The lowest BCUT2D eigenvalue weighted by Gasteiger charge is -2.14. The molecule has 4 aromatic carbocycles. The first-order valence-electron chi connectivity index (χ1n) is 10.0. The highest BCUT2D eigenvalue weighted by molar-refractivity contribution is 6.37. The van der Waals surface area contributed by atoms with E-state index < -0.39 is 0 Å². The maximum absolute atomic E-state index is 2.40. The van der Waals surface area contributed by atoms with Crippen LogP contribution in [0.25, 0.3) is 33.4 Å². The smallest absolute Gasteiger partial charge is 0.0804 e. The topological polar surface area (TPSA) is 0 Å². The maximum atomic E-state index is 2.40. The highest BCUT2D eigenvalue weighted by atomic mass is 14.2. The van der Waals surface area contributed by atoms with Gasteiger partial charge < -0.3 is 0 Å². The molecule has 0 saturated carbocycles. The minimum Gasteiger partial charge on any atom is -0.0804 e. The number of hydrogen-bond donors (Lipinski definition) is 0. The average molecular weight is 358 g/mol. The Labute approximate surface area is 168 Å². The Bertz CT molecular complexity index is 1220. The number of rotatable bonds is 2. The molecule has 1 aliphatic rings. The highest BCUT2D eigenvalue weighted by Crippen LogP contribution is 2.38. The largest absolute Gasteiger partial charge is 0.140 e. The number of fused-ring (bicyclic) bond motifs is 3. The Morgan fingerprint density at radius 1 is 0.607 bits per heavy atom. The third kappa shape index (κ3) is 2.70. The summed E-state index contributed by atoms with van der Waals surface area (Å²) in [6, 6.07) is 29.1. The predicted octanol–water partition coefficient (Wildman–Crippen LogP) is 5.47. The SMILES string of the molecule is Bc1cc(-c2ccc(C)c(-c3ccccc3C)c2)cc2c1-c1ccccc1C2. The van der Waals surface area contributed by atoms with E-state index >= 15 is 0 Å². The fourth-order valence-electron chi connectivity index (χ4n) is 4.64. The summed E-state index contributed by atoms with van der Waals surface area (Å²) >= 11 is 0. The van der Waals surface area contributed by atoms with Crippen LogP contribution in [0.1, 0.15) is 22.3 Å². The van der Waals surface area contributed by atoms with Crippen molar-refractivity contribution in [3.05, 3.63) is 101 Å². The van der Waals surface area contributed by atoms with Crippen LogP contribution in [0.2, 0.25) is 0 Å². The standard InChI is InChI=1S/C27H23B/c1-17-7-3-5-9-23(17)25-15-19(12-11-18(25)2)21-14-22-13-20-8-4-6-10-24(20)27(22)26(28)16-21/h3-12,14-16H,13,28H2,1-2H3. The minimum absolute atomic E-state index is 1.04. The second kappa shape index (κ2) is 6.53. The zero-order valence-electron chi connectivity index (χ0n) is 16.7. The maximum Gasteiger partial charge on any atom is 0.140 e. The summed E-state index contributed by atoms with van der Waals surface area (Å²) in [5.74, 6) is 0. The van der Waals surface area contributed by atoms with Crippen LogP contribution in [-0.4, -0.2) is 7.85 Å². The van der Waals surface area contributed by atoms with Crippen molar-refractivity contribution < 1.29 is 0 Å². The van der Waals surface area contributed by atoms with Crippen molar-refractivity contribution in [2.24, 2.45) is 0 Å². The Hall–Kier alpha value is -3.06. The van der Waals surface area contributed by atoms with E-state index in [0.29, 0.717) is 0 Å². The van der Waals surface area contributed by atoms with Gasteiger partial charge in [0.05, 0.1) is 0 Å². The first-order chi connectivity index (χ1) is 13.6. The molecule has 28 heavy (non-hydrogen) atoms. The van der Waals surface area contributed by atoms with Crippen molar-refractivity contribution in [2.45, 2.75) is 20.3 Å². The third-order valence-electron chi connectivity index (χ3n) is 6.09. The van der Waals surface area contributed by atoms with E-state index in [2.05, 4.69) is 101 Å². The summed E-state index contributed by atoms with van der Waals surface area (Å²) in [4.78, 5) is 0. The molecule has 0 aromatic heterocycles. The van der Waals surface area contributed by atoms with Crippen molar-refractivity contribution >= 4 is 13.3 Å². The zero-order valence-corrected chi connectivity index (χ0v) is 16.7. The van der Waals surface area contributed by atoms with Gasteiger partial charge in [0, 0.05) is 0 Å². The van der Waals surface area contributed by atoms with E-state index in [1.807, 2.05) is 0 Å². The van der Waals surface area contributed by atoms with Crippen LogP contribution in [0.15, 0.2) is 78.9 Å². The lowest BCUT2D eigenvalue weighted by atomic mass is 9.83. The minimum atomic E-state index is 1.04. The molecule has 0 amide bonds. The fraction of sp³-hybridized carbons (Fsp3) is 0.111. The highest BCUT2D eigenvalue weighted by Gasteiger charge is 2.20. The van der Waals surface area contributed by atoms with E-state index in [-0.39, 0.29) is 0 Å². The number of aryl methyl sites for hydroxylation is 2. The van der Waals surface area contributed by atoms with Crippen molar-refractivity contribution in [3.63, 3.8) is 0 Å². The molecule has 0 bridgehead atoms. The van der Waals surface area contributed by atoms with Crippen molar-refractivity contribution in [2.75, 3.05) is 0 Å². The van der Waals surface area contributed by atoms with Gasteiger partial charge in [0.2, 0.25) is 0 Å². The monoisotopic (exact) mass is 358 g/mol. The molecule has 0 N–H and O–H groups in total. The second-order valence-corrected chi connectivity index (χ2v) is 8.01. The Morgan fingerprint density at radius 2 is 1.32 bits per heavy atom. The molecule has 0 fully saturated rings. The summed E-state index contributed by atoms with van der Waals surface area (Å²) in [6.07, 6.45) is 1.04. The summed E-state index contributed by atoms with van der Waals surface area (Å²) in [5, 5.41) is 0. The first-order valence-corrected chi connectivity index (χ1v) is 10.0. The average Bonchev–Trinajstić information content (AvgIpc) is 3.08. The van der Waals surface area contributed by atoms with Crippen molar-refractivity contribution in [1.29, 1.82) is 0 Å². The van der Waals surface area contributed by atoms with Gasteiger partial charge in [0.25, 0.3) is 0 Å². The molecule has 1 aliphatic carbocycles. The molecule has 134 valence electrons. The van der Waals surface area contributed by atoms with E-state index in [4.69, 9.17) is 0 Å². The fourth-order valence-corrected chi connectivity index (χ4v) is 4.64. The van der Waals surface area contributed by atoms with Gasteiger partial charge in [-0.1, -0.05) is 78.3 Å². The van der Waals surface area contributed by atoms with Crippen LogP contribution in [0, 0.1) is 13.8 Å². The van der Waals surface area contributed by atoms with Crippen molar-refractivity contribution in [1.82, 2.24) is 0 Å². The normalized spacial score (nSPS) is 11.9. The summed E-state index contributed by atoms with van der Waals surface area (Å²) in [7, 11) is 2.25. The predicted molar refractivity (Wildman–Crippen MR) is 123 cm³/mol. The summed E-state index contributed by atoms with van der Waals surface area (Å²) in [6.45, 7) is 4.40. The number of hydrogen-bond acceptors (Lipinski definition) is 0. The second-order valence-electron chi connectivity index (χ2n) is 8.01. The molecule has 5 rings (SSSR count). The van der Waals surface area contributed by atoms with Gasteiger partial charge in [-0.2, -0.15) is 0 Å². The van der Waals surface area contributed by atoms with E-state index in [0.717, 1.165) is 6.42 Å². The molecule has 0 aliphatic heterocycles. The molecule has 0 radical (unpaired) electrons. The van der Waals surface area contributed by atoms with E-state index in [9.17, 15) is 0 Å².